The van der Waals surface area contributed by atoms with Crippen LogP contribution in [0.1, 0.15) is 17.0 Å². The van der Waals surface area contributed by atoms with E-state index in [0.29, 0.717) is 16.7 Å². The van der Waals surface area contributed by atoms with E-state index in [1.165, 1.54) is 30.3 Å². The molecule has 0 fully saturated rings. The number of carboxylic acids is 1. The number of carbonyl (C=O) groups is 2. The van der Waals surface area contributed by atoms with E-state index in [2.05, 4.69) is 5.10 Å². The maximum Gasteiger partial charge on any atom is 0.339 e. The Kier molecular flexibility index (Phi) is 3.65. The van der Waals surface area contributed by atoms with Crippen LogP contribution < -0.4 is 0 Å². The van der Waals surface area contributed by atoms with Crippen molar-refractivity contribution in [2.75, 3.05) is 0 Å². The van der Waals surface area contributed by atoms with Gasteiger partial charge in [-0.05, 0) is 29.3 Å². The lowest BCUT2D eigenvalue weighted by Crippen LogP contribution is -2.22. The number of carbonyl (C=O) groups excluding carboxylic acids is 1. The number of aliphatic carboxylic acids is 1. The highest BCUT2D eigenvalue weighted by atomic mass is 19.1. The van der Waals surface area contributed by atoms with Gasteiger partial charge >= 0.3 is 5.97 Å². The van der Waals surface area contributed by atoms with Crippen molar-refractivity contribution in [1.29, 1.82) is 0 Å². The Hall–Kier alpha value is -3.02. The minimum Gasteiger partial charge on any atom is -0.478 e. The van der Waals surface area contributed by atoms with Gasteiger partial charge in [-0.1, -0.05) is 18.2 Å². The van der Waals surface area contributed by atoms with E-state index in [9.17, 15) is 19.1 Å². The van der Waals surface area contributed by atoms with Crippen LogP contribution >= 0.6 is 0 Å². The SMILES string of the molecule is Cn1cc(C2=CC(c3ccc(F)cc3)C(=O)C(C(=O)O)=C2)cn1. The zero-order valence-electron chi connectivity index (χ0n) is 12.2. The summed E-state index contributed by atoms with van der Waals surface area (Å²) >= 11 is 0. The van der Waals surface area contributed by atoms with Crippen molar-refractivity contribution < 1.29 is 19.1 Å². The normalized spacial score (nSPS) is 17.7. The first-order valence-corrected chi connectivity index (χ1v) is 6.91. The van der Waals surface area contributed by atoms with Gasteiger partial charge < -0.3 is 5.11 Å². The number of allylic oxidation sites excluding steroid dienone is 3. The highest BCUT2D eigenvalue weighted by Gasteiger charge is 2.30. The Balaban J connectivity index is 2.10. The number of hydrogen-bond acceptors (Lipinski definition) is 3. The predicted octanol–water partition coefficient (Wildman–Crippen LogP) is 2.32. The molecule has 0 spiro atoms. The maximum atomic E-state index is 13.1. The van der Waals surface area contributed by atoms with Gasteiger partial charge in [0.25, 0.3) is 0 Å². The summed E-state index contributed by atoms with van der Waals surface area (Å²) in [4.78, 5) is 23.8. The van der Waals surface area contributed by atoms with E-state index < -0.39 is 23.5 Å². The van der Waals surface area contributed by atoms with Gasteiger partial charge in [0.05, 0.1) is 12.1 Å². The molecule has 0 amide bonds. The van der Waals surface area contributed by atoms with Crippen molar-refractivity contribution in [2.24, 2.45) is 7.05 Å². The molecule has 1 aromatic carbocycles. The molecule has 2 aromatic rings. The summed E-state index contributed by atoms with van der Waals surface area (Å²) in [5.41, 5.74) is 1.57. The molecule has 1 heterocycles. The molecule has 116 valence electrons. The summed E-state index contributed by atoms with van der Waals surface area (Å²) in [6.07, 6.45) is 6.36. The van der Waals surface area contributed by atoms with Crippen LogP contribution in [0, 0.1) is 5.82 Å². The Labute approximate surface area is 131 Å². The van der Waals surface area contributed by atoms with E-state index in [1.807, 2.05) is 0 Å². The van der Waals surface area contributed by atoms with Crippen molar-refractivity contribution in [3.8, 4) is 0 Å². The van der Waals surface area contributed by atoms with Crippen molar-refractivity contribution >= 4 is 17.3 Å². The number of ketones is 1. The first-order chi connectivity index (χ1) is 11.0. The van der Waals surface area contributed by atoms with E-state index in [0.717, 1.165) is 0 Å². The first-order valence-electron chi connectivity index (χ1n) is 6.91. The molecule has 0 saturated carbocycles. The number of Topliss-reactive ketones (excluding diaryl/α,β-unsaturated/α-hetero) is 1. The van der Waals surface area contributed by atoms with Crippen molar-refractivity contribution in [1.82, 2.24) is 9.78 Å². The van der Waals surface area contributed by atoms with Crippen molar-refractivity contribution in [3.63, 3.8) is 0 Å². The molecule has 3 rings (SSSR count). The molecule has 1 unspecified atom stereocenters. The summed E-state index contributed by atoms with van der Waals surface area (Å²) in [6, 6.07) is 5.47. The summed E-state index contributed by atoms with van der Waals surface area (Å²) in [6.45, 7) is 0. The van der Waals surface area contributed by atoms with Gasteiger partial charge in [-0.25, -0.2) is 9.18 Å². The molecule has 0 saturated heterocycles. The van der Waals surface area contributed by atoms with E-state index in [-0.39, 0.29) is 5.57 Å². The fourth-order valence-electron chi connectivity index (χ4n) is 2.53. The lowest BCUT2D eigenvalue weighted by Gasteiger charge is -2.19. The van der Waals surface area contributed by atoms with Crippen LogP contribution in [-0.4, -0.2) is 26.6 Å². The maximum absolute atomic E-state index is 13.1. The monoisotopic (exact) mass is 312 g/mol. The second-order valence-electron chi connectivity index (χ2n) is 5.28. The molecule has 23 heavy (non-hydrogen) atoms. The minimum absolute atomic E-state index is 0.291. The molecule has 1 aliphatic rings. The van der Waals surface area contributed by atoms with Crippen molar-refractivity contribution in [3.05, 3.63) is 71.3 Å². The average Bonchev–Trinajstić information content (AvgIpc) is 2.95. The van der Waals surface area contributed by atoms with Crippen LogP contribution in [0.4, 0.5) is 4.39 Å². The Morgan fingerprint density at radius 1 is 1.30 bits per heavy atom. The molecule has 6 heteroatoms. The molecule has 1 atom stereocenters. The molecule has 0 aliphatic heterocycles. The van der Waals surface area contributed by atoms with Gasteiger partial charge in [0.15, 0.2) is 5.78 Å². The molecule has 1 N–H and O–H groups in total. The average molecular weight is 312 g/mol. The number of hydrogen-bond donors (Lipinski definition) is 1. The Morgan fingerprint density at radius 2 is 2.00 bits per heavy atom. The van der Waals surface area contributed by atoms with E-state index in [1.54, 1.807) is 30.2 Å². The van der Waals surface area contributed by atoms with Crippen LogP contribution in [0.25, 0.3) is 5.57 Å². The standard InChI is InChI=1S/C17H13FN2O3/c1-20-9-12(8-19-20)11-6-14(10-2-4-13(18)5-3-10)16(21)15(7-11)17(22)23/h2-9,14H,1H3,(H,22,23). The molecule has 5 nitrogen and oxygen atoms in total. The number of benzene rings is 1. The fourth-order valence-corrected chi connectivity index (χ4v) is 2.53. The summed E-state index contributed by atoms with van der Waals surface area (Å²) in [5.74, 6) is -2.97. The number of aromatic nitrogens is 2. The number of halogens is 1. The lowest BCUT2D eigenvalue weighted by molar-refractivity contribution is -0.134. The highest BCUT2D eigenvalue weighted by molar-refractivity contribution is 6.22. The number of nitrogens with zero attached hydrogens (tertiary/aromatic N) is 2. The number of carboxylic acid groups (broad SMARTS) is 1. The number of rotatable bonds is 3. The predicted molar refractivity (Wildman–Crippen MR) is 81.1 cm³/mol. The lowest BCUT2D eigenvalue weighted by atomic mass is 9.83. The smallest absolute Gasteiger partial charge is 0.339 e. The number of aryl methyl sites for hydroxylation is 1. The topological polar surface area (TPSA) is 72.2 Å². The summed E-state index contributed by atoms with van der Waals surface area (Å²) in [7, 11) is 1.75. The van der Waals surface area contributed by atoms with Gasteiger partial charge in [0.2, 0.25) is 0 Å². The van der Waals surface area contributed by atoms with Crippen LogP contribution in [0.15, 0.2) is 54.4 Å². The zero-order chi connectivity index (χ0) is 16.6. The Bertz CT molecular complexity index is 847. The minimum atomic E-state index is -1.28. The molecule has 0 bridgehead atoms. The van der Waals surface area contributed by atoms with Crippen molar-refractivity contribution in [2.45, 2.75) is 5.92 Å². The van der Waals surface area contributed by atoms with Gasteiger partial charge in [-0.2, -0.15) is 5.10 Å². The quantitative estimate of drug-likeness (QED) is 0.883. The van der Waals surface area contributed by atoms with Gasteiger partial charge in [-0.3, -0.25) is 9.48 Å². The van der Waals surface area contributed by atoms with Crippen LogP contribution in [0.5, 0.6) is 0 Å². The van der Waals surface area contributed by atoms with Gasteiger partial charge in [0, 0.05) is 18.8 Å². The third-order valence-electron chi connectivity index (χ3n) is 3.69. The van der Waals surface area contributed by atoms with Gasteiger partial charge in [0.1, 0.15) is 11.4 Å². The molecule has 1 aliphatic carbocycles. The molecule has 1 aromatic heterocycles. The second kappa shape index (κ2) is 5.64. The molecular weight excluding hydrogens is 299 g/mol. The molecular formula is C17H13FN2O3. The summed E-state index contributed by atoms with van der Waals surface area (Å²) in [5, 5.41) is 13.3. The van der Waals surface area contributed by atoms with E-state index in [4.69, 9.17) is 0 Å². The largest absolute Gasteiger partial charge is 0.478 e. The highest BCUT2D eigenvalue weighted by Crippen LogP contribution is 2.32. The first kappa shape index (κ1) is 14.9. The Morgan fingerprint density at radius 3 is 2.57 bits per heavy atom. The zero-order valence-corrected chi connectivity index (χ0v) is 12.2. The third-order valence-corrected chi connectivity index (χ3v) is 3.69. The summed E-state index contributed by atoms with van der Waals surface area (Å²) < 4.78 is 14.7. The van der Waals surface area contributed by atoms with E-state index >= 15 is 0 Å². The third kappa shape index (κ3) is 2.83. The second-order valence-corrected chi connectivity index (χ2v) is 5.28. The molecule has 0 radical (unpaired) electrons. The van der Waals surface area contributed by atoms with Crippen LogP contribution in [0.2, 0.25) is 0 Å². The van der Waals surface area contributed by atoms with Gasteiger partial charge in [-0.15, -0.1) is 0 Å². The van der Waals surface area contributed by atoms with Crippen LogP contribution in [0.3, 0.4) is 0 Å². The fraction of sp³-hybridized carbons (Fsp3) is 0.118. The van der Waals surface area contributed by atoms with Crippen LogP contribution in [-0.2, 0) is 16.6 Å².